The van der Waals surface area contributed by atoms with Gasteiger partial charge in [0.2, 0.25) is 0 Å². The number of hydrogen-bond acceptors (Lipinski definition) is 7. The highest BCUT2D eigenvalue weighted by Gasteiger charge is 2.20. The average Bonchev–Trinajstić information content (AvgIpc) is 4.05. The summed E-state index contributed by atoms with van der Waals surface area (Å²) in [5, 5.41) is 6.44. The Morgan fingerprint density at radius 1 is 0.302 bits per heavy atom. The number of pyridine rings is 1. The van der Waals surface area contributed by atoms with Crippen molar-refractivity contribution >= 4 is 65.8 Å². The molecular formula is C56H32N4O3. The Balaban J connectivity index is 0.941. The van der Waals surface area contributed by atoms with Crippen LogP contribution in [0.5, 0.6) is 0 Å². The van der Waals surface area contributed by atoms with E-state index in [2.05, 4.69) is 102 Å². The van der Waals surface area contributed by atoms with Crippen LogP contribution in [0.15, 0.2) is 208 Å². The molecule has 0 unspecified atom stereocenters. The number of hydrogen-bond donors (Lipinski definition) is 0. The molecule has 5 heterocycles. The molecule has 0 amide bonds. The second-order valence-electron chi connectivity index (χ2n) is 15.8. The van der Waals surface area contributed by atoms with Crippen molar-refractivity contribution in [2.45, 2.75) is 0 Å². The molecule has 5 aromatic heterocycles. The van der Waals surface area contributed by atoms with Crippen molar-refractivity contribution in [2.24, 2.45) is 0 Å². The van der Waals surface area contributed by atoms with E-state index in [1.54, 1.807) is 6.20 Å². The monoisotopic (exact) mass is 808 g/mol. The van der Waals surface area contributed by atoms with Crippen molar-refractivity contribution < 1.29 is 13.3 Å². The average molecular weight is 809 g/mol. The first kappa shape index (κ1) is 35.1. The van der Waals surface area contributed by atoms with Gasteiger partial charge in [-0.1, -0.05) is 127 Å². The van der Waals surface area contributed by atoms with Crippen molar-refractivity contribution in [2.75, 3.05) is 0 Å². The molecule has 0 fully saturated rings. The number of nitrogens with zero attached hydrogens (tertiary/aromatic N) is 4. The zero-order valence-corrected chi connectivity index (χ0v) is 33.5. The zero-order valence-electron chi connectivity index (χ0n) is 33.5. The van der Waals surface area contributed by atoms with Crippen molar-refractivity contribution in [3.63, 3.8) is 0 Å². The summed E-state index contributed by atoms with van der Waals surface area (Å²) in [4.78, 5) is 19.8. The van der Waals surface area contributed by atoms with Gasteiger partial charge in [0.15, 0.2) is 17.5 Å². The van der Waals surface area contributed by atoms with Crippen molar-refractivity contribution in [1.29, 1.82) is 0 Å². The van der Waals surface area contributed by atoms with Gasteiger partial charge in [-0.15, -0.1) is 0 Å². The van der Waals surface area contributed by atoms with Gasteiger partial charge in [-0.25, -0.2) is 15.0 Å². The molecule has 13 aromatic rings. The quantitative estimate of drug-likeness (QED) is 0.165. The van der Waals surface area contributed by atoms with Crippen LogP contribution >= 0.6 is 0 Å². The van der Waals surface area contributed by atoms with Crippen LogP contribution in [0.3, 0.4) is 0 Å². The minimum absolute atomic E-state index is 0.544. The Morgan fingerprint density at radius 3 is 1.52 bits per heavy atom. The minimum atomic E-state index is 0.544. The molecular weight excluding hydrogens is 777 g/mol. The van der Waals surface area contributed by atoms with E-state index in [0.29, 0.717) is 17.5 Å². The predicted octanol–water partition coefficient (Wildman–Crippen LogP) is 15.0. The molecule has 0 spiro atoms. The number of fused-ring (bicyclic) bond motifs is 9. The largest absolute Gasteiger partial charge is 0.456 e. The van der Waals surface area contributed by atoms with Gasteiger partial charge in [-0.05, 0) is 76.9 Å². The molecule has 7 heteroatoms. The Hall–Kier alpha value is -8.68. The van der Waals surface area contributed by atoms with Crippen LogP contribution in [0.1, 0.15) is 0 Å². The Morgan fingerprint density at radius 2 is 0.825 bits per heavy atom. The maximum atomic E-state index is 6.71. The number of para-hydroxylation sites is 3. The van der Waals surface area contributed by atoms with Crippen LogP contribution in [-0.4, -0.2) is 19.9 Å². The van der Waals surface area contributed by atoms with Crippen molar-refractivity contribution in [1.82, 2.24) is 19.9 Å². The lowest BCUT2D eigenvalue weighted by atomic mass is 9.94. The highest BCUT2D eigenvalue weighted by atomic mass is 16.3. The van der Waals surface area contributed by atoms with Crippen LogP contribution in [0.25, 0.3) is 133 Å². The van der Waals surface area contributed by atoms with Gasteiger partial charge in [0.1, 0.15) is 33.5 Å². The van der Waals surface area contributed by atoms with Gasteiger partial charge in [-0.2, -0.15) is 0 Å². The van der Waals surface area contributed by atoms with E-state index in [4.69, 9.17) is 28.2 Å². The fourth-order valence-electron chi connectivity index (χ4n) is 9.06. The number of benzene rings is 8. The van der Waals surface area contributed by atoms with Crippen LogP contribution in [0.4, 0.5) is 0 Å². The van der Waals surface area contributed by atoms with Crippen molar-refractivity contribution in [3.8, 4) is 67.5 Å². The third kappa shape index (κ3) is 5.75. The smallest absolute Gasteiger partial charge is 0.164 e. The van der Waals surface area contributed by atoms with Gasteiger partial charge < -0.3 is 13.3 Å². The second-order valence-corrected chi connectivity index (χ2v) is 15.8. The van der Waals surface area contributed by atoms with Gasteiger partial charge in [0.05, 0.1) is 0 Å². The molecule has 294 valence electrons. The first-order valence-electron chi connectivity index (χ1n) is 20.8. The van der Waals surface area contributed by atoms with Gasteiger partial charge in [-0.3, -0.25) is 4.98 Å². The summed E-state index contributed by atoms with van der Waals surface area (Å²) < 4.78 is 19.3. The lowest BCUT2D eigenvalue weighted by Gasteiger charge is -2.12. The van der Waals surface area contributed by atoms with E-state index in [1.165, 1.54) is 0 Å². The third-order valence-electron chi connectivity index (χ3n) is 12.1. The summed E-state index contributed by atoms with van der Waals surface area (Å²) in [6.07, 6.45) is 3.64. The maximum Gasteiger partial charge on any atom is 0.164 e. The highest BCUT2D eigenvalue weighted by molar-refractivity contribution is 6.17. The molecule has 13 rings (SSSR count). The number of rotatable bonds is 6. The fraction of sp³-hybridized carbons (Fsp3) is 0. The topological polar surface area (TPSA) is 91.0 Å². The fourth-order valence-corrected chi connectivity index (χ4v) is 9.06. The first-order chi connectivity index (χ1) is 31.2. The molecule has 7 nitrogen and oxygen atoms in total. The molecule has 0 aliphatic carbocycles. The van der Waals surface area contributed by atoms with E-state index in [9.17, 15) is 0 Å². The number of furan rings is 3. The molecule has 0 atom stereocenters. The van der Waals surface area contributed by atoms with Gasteiger partial charge >= 0.3 is 0 Å². The lowest BCUT2D eigenvalue weighted by Crippen LogP contribution is -2.01. The first-order valence-corrected chi connectivity index (χ1v) is 20.8. The van der Waals surface area contributed by atoms with Crippen molar-refractivity contribution in [3.05, 3.63) is 194 Å². The summed E-state index contributed by atoms with van der Waals surface area (Å²) >= 11 is 0. The summed E-state index contributed by atoms with van der Waals surface area (Å²) in [5.74, 6) is 1.66. The van der Waals surface area contributed by atoms with Gasteiger partial charge in [0, 0.05) is 72.5 Å². The minimum Gasteiger partial charge on any atom is -0.456 e. The van der Waals surface area contributed by atoms with Crippen LogP contribution in [-0.2, 0) is 0 Å². The molecule has 0 saturated carbocycles. The van der Waals surface area contributed by atoms with E-state index in [1.807, 2.05) is 91.1 Å². The normalized spacial score (nSPS) is 11.8. The molecule has 0 bridgehead atoms. The summed E-state index contributed by atoms with van der Waals surface area (Å²) in [5.41, 5.74) is 13.7. The Kier molecular flexibility index (Phi) is 7.77. The van der Waals surface area contributed by atoms with E-state index >= 15 is 0 Å². The summed E-state index contributed by atoms with van der Waals surface area (Å²) in [6.45, 7) is 0. The van der Waals surface area contributed by atoms with Crippen LogP contribution in [0, 0.1) is 0 Å². The highest BCUT2D eigenvalue weighted by Crippen LogP contribution is 2.43. The van der Waals surface area contributed by atoms with Gasteiger partial charge in [0.25, 0.3) is 0 Å². The summed E-state index contributed by atoms with van der Waals surface area (Å²) in [6, 6.07) is 62.0. The van der Waals surface area contributed by atoms with Crippen LogP contribution < -0.4 is 0 Å². The van der Waals surface area contributed by atoms with E-state index < -0.39 is 0 Å². The Bertz CT molecular complexity index is 3920. The molecule has 0 N–H and O–H groups in total. The molecule has 0 aliphatic rings. The van der Waals surface area contributed by atoms with Crippen LogP contribution in [0.2, 0.25) is 0 Å². The standard InChI is InChI=1S/C56H32N4O3/c1-2-14-45(38(11-1)37-10-9-29-57-32-37)56-59-54(58-55(60-56)36-24-26-44-42-13-4-7-17-48(42)62-51(44)31-36)34-21-19-33(20-22-34)40-28-27-39(52-46-15-5-8-18-49(46)63-53(40)52)35-23-25-43-41-12-3-6-16-47(41)61-50(43)30-35/h1-32H. The molecule has 63 heavy (non-hydrogen) atoms. The molecule has 8 aromatic carbocycles. The molecule has 0 radical (unpaired) electrons. The molecule has 0 saturated heterocycles. The zero-order chi connectivity index (χ0) is 41.4. The third-order valence-corrected chi connectivity index (χ3v) is 12.1. The van der Waals surface area contributed by atoms with E-state index in [-0.39, 0.29) is 0 Å². The SMILES string of the molecule is c1cncc(-c2ccccc2-c2nc(-c3ccc(-c4ccc(-c5ccc6c(c5)oc5ccccc56)c5c4oc4ccccc45)cc3)nc(-c3ccc4c(c3)oc3ccccc34)n2)c1. The predicted molar refractivity (Wildman–Crippen MR) is 252 cm³/mol. The Labute approximate surface area is 359 Å². The number of aromatic nitrogens is 4. The maximum absolute atomic E-state index is 6.71. The molecule has 0 aliphatic heterocycles. The second kappa shape index (κ2) is 13.9. The van der Waals surface area contributed by atoms with E-state index in [0.717, 1.165) is 116 Å². The summed E-state index contributed by atoms with van der Waals surface area (Å²) in [7, 11) is 0. The lowest BCUT2D eigenvalue weighted by molar-refractivity contribution is 0.668.